The van der Waals surface area contributed by atoms with Crippen LogP contribution in [0.5, 0.6) is 0 Å². The molecule has 0 bridgehead atoms. The average Bonchev–Trinajstić information content (AvgIpc) is 1.72. The van der Waals surface area contributed by atoms with Gasteiger partial charge in [-0.05, 0) is 0 Å². The first-order chi connectivity index (χ1) is 3.35. The van der Waals surface area contributed by atoms with Gasteiger partial charge in [-0.3, -0.25) is 0 Å². The average molecular weight is 99.0 g/mol. The van der Waals surface area contributed by atoms with Crippen molar-refractivity contribution in [1.29, 1.82) is 15.8 Å². The van der Waals surface area contributed by atoms with Gasteiger partial charge in [-0.1, -0.05) is 0 Å². The summed E-state index contributed by atoms with van der Waals surface area (Å²) in [5.74, 6) is -1.10. The van der Waals surface area contributed by atoms with Crippen LogP contribution in [0.15, 0.2) is 0 Å². The van der Waals surface area contributed by atoms with E-state index in [2.05, 4.69) is 0 Å². The third-order valence-electron chi connectivity index (χ3n) is 0.387. The molecule has 0 heterocycles. The van der Waals surface area contributed by atoms with Crippen molar-refractivity contribution in [3.05, 3.63) is 0 Å². The number of nitrogens with zero attached hydrogens (tertiary/aromatic N) is 3. The van der Waals surface area contributed by atoms with Crippen molar-refractivity contribution >= 4 is 0 Å². The van der Waals surface area contributed by atoms with Crippen molar-refractivity contribution in [2.24, 2.45) is 5.92 Å². The fraction of sp³-hybridized carbons (Fsp3) is 0.250. The summed E-state index contributed by atoms with van der Waals surface area (Å²) in [7, 11) is 0. The molecule has 0 unspecified atom stereocenters. The van der Waals surface area contributed by atoms with Crippen molar-refractivity contribution < 1.29 is 20.3 Å². The molecule has 0 aliphatic heterocycles. The Hall–Kier alpha value is -0.933. The number of rotatable bonds is 0. The third-order valence-corrected chi connectivity index (χ3v) is 0.387. The molecule has 0 saturated carbocycles. The van der Waals surface area contributed by atoms with Gasteiger partial charge in [-0.15, -0.1) is 0 Å². The minimum atomic E-state index is -1.10. The van der Waals surface area contributed by atoms with Crippen molar-refractivity contribution in [1.82, 2.24) is 0 Å². The summed E-state index contributed by atoms with van der Waals surface area (Å²) in [4.78, 5) is 0. The second kappa shape index (κ2) is 6.07. The standard InChI is InChI=1S/C4HN3.Li.H/c5-1-4(2-6)3-7;;/h4H;;/q;+1;-1. The molecule has 4 heteroatoms. The first kappa shape index (κ1) is 10.1. The first-order valence-corrected chi connectivity index (χ1v) is 1.54. The van der Waals surface area contributed by atoms with Crippen LogP contribution in [0.25, 0.3) is 0 Å². The van der Waals surface area contributed by atoms with Crippen molar-refractivity contribution in [3.8, 4) is 18.2 Å². The molecule has 34 valence electrons. The van der Waals surface area contributed by atoms with Crippen LogP contribution in [0.3, 0.4) is 0 Å². The van der Waals surface area contributed by atoms with Gasteiger partial charge < -0.3 is 1.43 Å². The van der Waals surface area contributed by atoms with Crippen LogP contribution < -0.4 is 18.9 Å². The van der Waals surface area contributed by atoms with E-state index in [-0.39, 0.29) is 20.3 Å². The molecule has 0 aromatic heterocycles. The van der Waals surface area contributed by atoms with Gasteiger partial charge in [-0.2, -0.15) is 15.8 Å². The molecule has 0 spiro atoms. The van der Waals surface area contributed by atoms with Crippen LogP contribution >= 0.6 is 0 Å². The van der Waals surface area contributed by atoms with E-state index in [1.807, 2.05) is 0 Å². The van der Waals surface area contributed by atoms with Crippen molar-refractivity contribution in [3.63, 3.8) is 0 Å². The monoisotopic (exact) mass is 99.0 g/mol. The second-order valence-corrected chi connectivity index (χ2v) is 0.820. The maximum absolute atomic E-state index is 7.83. The van der Waals surface area contributed by atoms with E-state index in [0.717, 1.165) is 0 Å². The predicted molar refractivity (Wildman–Crippen MR) is 21.4 cm³/mol. The zero-order chi connectivity index (χ0) is 5.70. The minimum absolute atomic E-state index is 0. The number of hydrogen-bond donors (Lipinski definition) is 0. The summed E-state index contributed by atoms with van der Waals surface area (Å²) >= 11 is 0. The third kappa shape index (κ3) is 3.26. The van der Waals surface area contributed by atoms with Crippen LogP contribution in [-0.4, -0.2) is 0 Å². The maximum atomic E-state index is 7.83. The Kier molecular flexibility index (Phi) is 7.68. The molecule has 0 rings (SSSR count). The molecular weight excluding hydrogens is 97.0 g/mol. The van der Waals surface area contributed by atoms with Crippen LogP contribution in [0.2, 0.25) is 0 Å². The molecule has 0 atom stereocenters. The molecule has 0 fully saturated rings. The zero-order valence-electron chi connectivity index (χ0n) is 5.42. The van der Waals surface area contributed by atoms with Crippen molar-refractivity contribution in [2.45, 2.75) is 0 Å². The molecule has 0 saturated heterocycles. The fourth-order valence-electron chi connectivity index (χ4n) is 0.0866. The Morgan fingerprint density at radius 3 is 1.25 bits per heavy atom. The molecule has 0 aromatic carbocycles. The summed E-state index contributed by atoms with van der Waals surface area (Å²) < 4.78 is 0. The first-order valence-electron chi connectivity index (χ1n) is 1.54. The Balaban J connectivity index is -0.000000180. The molecular formula is C4H2LiN3. The van der Waals surface area contributed by atoms with Crippen LogP contribution in [-0.2, 0) is 0 Å². The van der Waals surface area contributed by atoms with Gasteiger partial charge >= 0.3 is 18.9 Å². The van der Waals surface area contributed by atoms with E-state index in [9.17, 15) is 0 Å². The molecule has 3 nitrogen and oxygen atoms in total. The molecule has 0 aliphatic rings. The minimum Gasteiger partial charge on any atom is -1.00 e. The van der Waals surface area contributed by atoms with Gasteiger partial charge in [-0.25, -0.2) is 0 Å². The summed E-state index contributed by atoms with van der Waals surface area (Å²) in [5.41, 5.74) is 0. The quantitative estimate of drug-likeness (QED) is 0.310. The SMILES string of the molecule is N#CC(C#N)C#N.[H-].[Li+]. The van der Waals surface area contributed by atoms with E-state index in [1.165, 1.54) is 18.2 Å². The Morgan fingerprint density at radius 2 is 1.25 bits per heavy atom. The van der Waals surface area contributed by atoms with E-state index in [0.29, 0.717) is 0 Å². The summed E-state index contributed by atoms with van der Waals surface area (Å²) in [6.45, 7) is 0. The van der Waals surface area contributed by atoms with Crippen LogP contribution in [0, 0.1) is 39.9 Å². The van der Waals surface area contributed by atoms with Crippen LogP contribution in [0.1, 0.15) is 1.43 Å². The second-order valence-electron chi connectivity index (χ2n) is 0.820. The van der Waals surface area contributed by atoms with E-state index in [4.69, 9.17) is 15.8 Å². The number of hydrogen-bond acceptors (Lipinski definition) is 3. The molecule has 0 N–H and O–H groups in total. The van der Waals surface area contributed by atoms with Gasteiger partial charge in [0.05, 0.1) is 18.2 Å². The van der Waals surface area contributed by atoms with Gasteiger partial charge in [0, 0.05) is 0 Å². The molecule has 0 amide bonds. The Labute approximate surface area is 60.8 Å². The molecule has 0 aliphatic carbocycles. The van der Waals surface area contributed by atoms with Gasteiger partial charge in [0.15, 0.2) is 0 Å². The molecule has 8 heavy (non-hydrogen) atoms. The maximum Gasteiger partial charge on any atom is 1.00 e. The Bertz CT molecular complexity index is 138. The topological polar surface area (TPSA) is 71.4 Å². The summed E-state index contributed by atoms with van der Waals surface area (Å²) in [6.07, 6.45) is 0. The molecule has 0 aromatic rings. The predicted octanol–water partition coefficient (Wildman–Crippen LogP) is -2.71. The van der Waals surface area contributed by atoms with Gasteiger partial charge in [0.2, 0.25) is 5.92 Å². The largest absolute Gasteiger partial charge is 1.00 e. The fourth-order valence-corrected chi connectivity index (χ4v) is 0.0866. The van der Waals surface area contributed by atoms with Gasteiger partial charge in [0.1, 0.15) is 0 Å². The molecule has 0 radical (unpaired) electrons. The number of nitriles is 3. The van der Waals surface area contributed by atoms with Crippen LogP contribution in [0.4, 0.5) is 0 Å². The zero-order valence-corrected chi connectivity index (χ0v) is 4.42. The van der Waals surface area contributed by atoms with Gasteiger partial charge in [0.25, 0.3) is 0 Å². The summed E-state index contributed by atoms with van der Waals surface area (Å²) in [5, 5.41) is 23.5. The van der Waals surface area contributed by atoms with Crippen molar-refractivity contribution in [2.75, 3.05) is 0 Å². The normalized spacial score (nSPS) is 5.25. The smallest absolute Gasteiger partial charge is 1.00 e. The van der Waals surface area contributed by atoms with E-state index < -0.39 is 5.92 Å². The van der Waals surface area contributed by atoms with E-state index in [1.54, 1.807) is 0 Å². The van der Waals surface area contributed by atoms with E-state index >= 15 is 0 Å². The summed E-state index contributed by atoms with van der Waals surface area (Å²) in [6, 6.07) is 4.44. The Morgan fingerprint density at radius 1 is 1.00 bits per heavy atom.